The number of nitrogens with one attached hydrogen (secondary N) is 1. The maximum absolute atomic E-state index is 13.4. The summed E-state index contributed by atoms with van der Waals surface area (Å²) in [5.74, 6) is -0.957. The first-order chi connectivity index (χ1) is 17.4. The highest BCUT2D eigenvalue weighted by Crippen LogP contribution is 2.36. The third kappa shape index (κ3) is 4.70. The SMILES string of the molecule is CCC(OC(=O)c1cccc2cccc(-c3nc4ccccc4s3)c12)C(=O)Nc1cc(Cl)ccc1C. The van der Waals surface area contributed by atoms with E-state index in [-0.39, 0.29) is 0 Å². The third-order valence-electron chi connectivity index (χ3n) is 6.02. The maximum Gasteiger partial charge on any atom is 0.339 e. The topological polar surface area (TPSA) is 68.3 Å². The number of anilines is 1. The average Bonchev–Trinajstić information content (AvgIpc) is 3.32. The van der Waals surface area contributed by atoms with E-state index in [9.17, 15) is 9.59 Å². The van der Waals surface area contributed by atoms with E-state index in [0.29, 0.717) is 22.7 Å². The van der Waals surface area contributed by atoms with Crippen molar-refractivity contribution >= 4 is 61.5 Å². The number of aromatic nitrogens is 1. The van der Waals surface area contributed by atoms with Crippen LogP contribution in [0.3, 0.4) is 0 Å². The highest BCUT2D eigenvalue weighted by atomic mass is 35.5. The fraction of sp³-hybridized carbons (Fsp3) is 0.138. The van der Waals surface area contributed by atoms with E-state index in [4.69, 9.17) is 21.3 Å². The average molecular weight is 515 g/mol. The lowest BCUT2D eigenvalue weighted by Crippen LogP contribution is -2.32. The molecule has 0 fully saturated rings. The number of carbonyl (C=O) groups is 2. The number of benzene rings is 4. The Kier molecular flexibility index (Phi) is 6.72. The van der Waals surface area contributed by atoms with E-state index < -0.39 is 18.0 Å². The van der Waals surface area contributed by atoms with Crippen LogP contribution in [-0.2, 0) is 9.53 Å². The number of esters is 1. The molecule has 0 aliphatic carbocycles. The second-order valence-corrected chi connectivity index (χ2v) is 9.91. The van der Waals surface area contributed by atoms with Crippen LogP contribution in [0, 0.1) is 6.92 Å². The number of nitrogens with zero attached hydrogens (tertiary/aromatic N) is 1. The monoisotopic (exact) mass is 514 g/mol. The van der Waals surface area contributed by atoms with Crippen molar-refractivity contribution in [3.05, 3.63) is 95.0 Å². The fourth-order valence-electron chi connectivity index (χ4n) is 4.13. The molecular weight excluding hydrogens is 492 g/mol. The van der Waals surface area contributed by atoms with Crippen LogP contribution in [0.2, 0.25) is 5.02 Å². The highest BCUT2D eigenvalue weighted by Gasteiger charge is 2.25. The molecule has 1 heterocycles. The van der Waals surface area contributed by atoms with E-state index in [1.54, 1.807) is 36.5 Å². The summed E-state index contributed by atoms with van der Waals surface area (Å²) in [6.45, 7) is 3.68. The number of carbonyl (C=O) groups excluding carboxylic acids is 2. The zero-order valence-corrected chi connectivity index (χ0v) is 21.3. The molecule has 0 bridgehead atoms. The number of amides is 1. The molecule has 0 radical (unpaired) electrons. The Bertz CT molecular complexity index is 1570. The zero-order chi connectivity index (χ0) is 25.2. The van der Waals surface area contributed by atoms with Crippen molar-refractivity contribution in [3.8, 4) is 10.6 Å². The van der Waals surface area contributed by atoms with Gasteiger partial charge in [0.25, 0.3) is 5.91 Å². The zero-order valence-electron chi connectivity index (χ0n) is 19.7. The number of para-hydroxylation sites is 1. The Morgan fingerprint density at radius 1 is 1.03 bits per heavy atom. The molecule has 5 rings (SSSR count). The smallest absolute Gasteiger partial charge is 0.339 e. The summed E-state index contributed by atoms with van der Waals surface area (Å²) in [6.07, 6.45) is -0.632. The third-order valence-corrected chi connectivity index (χ3v) is 7.32. The van der Waals surface area contributed by atoms with Gasteiger partial charge in [-0.15, -0.1) is 11.3 Å². The lowest BCUT2D eigenvalue weighted by atomic mass is 9.99. The first kappa shape index (κ1) is 24.0. The Morgan fingerprint density at radius 2 is 1.81 bits per heavy atom. The number of thiazole rings is 1. The van der Waals surface area contributed by atoms with Crippen LogP contribution in [0.4, 0.5) is 5.69 Å². The number of fused-ring (bicyclic) bond motifs is 2. The van der Waals surface area contributed by atoms with Gasteiger partial charge in [0.15, 0.2) is 6.10 Å². The van der Waals surface area contributed by atoms with Crippen molar-refractivity contribution in [3.63, 3.8) is 0 Å². The van der Waals surface area contributed by atoms with Gasteiger partial charge in [-0.25, -0.2) is 9.78 Å². The minimum atomic E-state index is -0.958. The van der Waals surface area contributed by atoms with Gasteiger partial charge in [0.1, 0.15) is 5.01 Å². The Labute approximate surface area is 217 Å². The van der Waals surface area contributed by atoms with Crippen LogP contribution in [0.1, 0.15) is 29.3 Å². The summed E-state index contributed by atoms with van der Waals surface area (Å²) in [6, 6.07) is 24.6. The van der Waals surface area contributed by atoms with Crippen molar-refractivity contribution in [1.82, 2.24) is 4.98 Å². The molecule has 5 nitrogen and oxygen atoms in total. The van der Waals surface area contributed by atoms with Gasteiger partial charge in [0.05, 0.1) is 15.8 Å². The van der Waals surface area contributed by atoms with Gasteiger partial charge < -0.3 is 10.1 Å². The molecule has 1 aromatic heterocycles. The molecule has 1 unspecified atom stereocenters. The summed E-state index contributed by atoms with van der Waals surface area (Å²) in [7, 11) is 0. The summed E-state index contributed by atoms with van der Waals surface area (Å²) in [5, 5.41) is 5.83. The second kappa shape index (κ2) is 10.1. The standard InChI is InChI=1S/C29H23ClN2O3S/c1-3-24(27(33)31-23-16-19(30)15-14-17(23)2)35-29(34)21-11-7-9-18-8-6-10-20(26(18)21)28-32-22-12-4-5-13-25(22)36-28/h4-16,24H,3H2,1-2H3,(H,31,33). The van der Waals surface area contributed by atoms with E-state index in [1.165, 1.54) is 0 Å². The van der Waals surface area contributed by atoms with E-state index in [1.807, 2.05) is 67.6 Å². The number of hydrogen-bond donors (Lipinski definition) is 1. The lowest BCUT2D eigenvalue weighted by Gasteiger charge is -2.18. The molecule has 7 heteroatoms. The minimum Gasteiger partial charge on any atom is -0.449 e. The number of aryl methyl sites for hydroxylation is 1. The first-order valence-corrected chi connectivity index (χ1v) is 12.8. The normalized spacial score (nSPS) is 12.0. The number of halogens is 1. The molecule has 1 N–H and O–H groups in total. The van der Waals surface area contributed by atoms with Crippen molar-refractivity contribution in [2.45, 2.75) is 26.4 Å². The van der Waals surface area contributed by atoms with Crippen molar-refractivity contribution in [1.29, 1.82) is 0 Å². The summed E-state index contributed by atoms with van der Waals surface area (Å²) in [4.78, 5) is 31.2. The van der Waals surface area contributed by atoms with Gasteiger partial charge in [-0.05, 0) is 54.6 Å². The fourth-order valence-corrected chi connectivity index (χ4v) is 5.30. The molecule has 36 heavy (non-hydrogen) atoms. The molecule has 0 spiro atoms. The number of ether oxygens (including phenoxy) is 1. The molecular formula is C29H23ClN2O3S. The molecule has 4 aromatic carbocycles. The Balaban J connectivity index is 1.48. The molecule has 0 aliphatic heterocycles. The van der Waals surface area contributed by atoms with Crippen LogP contribution in [0.25, 0.3) is 31.6 Å². The quantitative estimate of drug-likeness (QED) is 0.236. The lowest BCUT2D eigenvalue weighted by molar-refractivity contribution is -0.124. The Hall–Kier alpha value is -3.74. The van der Waals surface area contributed by atoms with E-state index in [0.717, 1.165) is 37.1 Å². The second-order valence-electron chi connectivity index (χ2n) is 8.45. The predicted molar refractivity (Wildman–Crippen MR) is 147 cm³/mol. The molecule has 180 valence electrons. The number of hydrogen-bond acceptors (Lipinski definition) is 5. The maximum atomic E-state index is 13.4. The molecule has 5 aromatic rings. The summed E-state index contributed by atoms with van der Waals surface area (Å²) < 4.78 is 6.82. The van der Waals surface area contributed by atoms with Gasteiger partial charge in [-0.2, -0.15) is 0 Å². The van der Waals surface area contributed by atoms with E-state index >= 15 is 0 Å². The van der Waals surface area contributed by atoms with Crippen molar-refractivity contribution in [2.24, 2.45) is 0 Å². The molecule has 1 amide bonds. The molecule has 0 saturated heterocycles. The predicted octanol–water partition coefficient (Wildman–Crippen LogP) is 7.65. The van der Waals surface area contributed by atoms with Crippen molar-refractivity contribution < 1.29 is 14.3 Å². The summed E-state index contributed by atoms with van der Waals surface area (Å²) >= 11 is 7.66. The van der Waals surface area contributed by atoms with E-state index in [2.05, 4.69) is 5.32 Å². The van der Waals surface area contributed by atoms with Gasteiger partial charge in [-0.3, -0.25) is 4.79 Å². The summed E-state index contributed by atoms with van der Waals surface area (Å²) in [5.41, 5.74) is 3.61. The highest BCUT2D eigenvalue weighted by molar-refractivity contribution is 7.21. The van der Waals surface area contributed by atoms with Crippen LogP contribution in [0.15, 0.2) is 78.9 Å². The van der Waals surface area contributed by atoms with Gasteiger partial charge >= 0.3 is 5.97 Å². The van der Waals surface area contributed by atoms with Crippen LogP contribution in [-0.4, -0.2) is 23.0 Å². The van der Waals surface area contributed by atoms with Gasteiger partial charge in [0.2, 0.25) is 0 Å². The Morgan fingerprint density at radius 3 is 2.58 bits per heavy atom. The number of rotatable bonds is 6. The minimum absolute atomic E-state index is 0.326. The van der Waals surface area contributed by atoms with Crippen LogP contribution >= 0.6 is 22.9 Å². The van der Waals surface area contributed by atoms with Crippen molar-refractivity contribution in [2.75, 3.05) is 5.32 Å². The van der Waals surface area contributed by atoms with Gasteiger partial charge in [-0.1, -0.05) is 67.1 Å². The largest absolute Gasteiger partial charge is 0.449 e. The molecule has 1 atom stereocenters. The first-order valence-electron chi connectivity index (χ1n) is 11.6. The van der Waals surface area contributed by atoms with Crippen LogP contribution in [0.5, 0.6) is 0 Å². The van der Waals surface area contributed by atoms with Gasteiger partial charge in [0, 0.05) is 21.7 Å². The molecule has 0 aliphatic rings. The molecule has 0 saturated carbocycles. The van der Waals surface area contributed by atoms with Crippen LogP contribution < -0.4 is 5.32 Å².